The highest BCUT2D eigenvalue weighted by Gasteiger charge is 2.30. The molecular weight excluding hydrogens is 371 g/mol. The maximum absolute atomic E-state index is 12.6. The number of benzene rings is 2. The Hall–Kier alpha value is -2.26. The molecule has 0 saturated heterocycles. The van der Waals surface area contributed by atoms with Crippen molar-refractivity contribution in [3.05, 3.63) is 69.7 Å². The van der Waals surface area contributed by atoms with Gasteiger partial charge in [0.1, 0.15) is 0 Å². The Morgan fingerprint density at radius 3 is 2.48 bits per heavy atom. The molecule has 1 amide bonds. The van der Waals surface area contributed by atoms with E-state index < -0.39 is 11.7 Å². The second-order valence-electron chi connectivity index (χ2n) is 4.57. The molecule has 0 radical (unpaired) electrons. The molecule has 6 heteroatoms. The second-order valence-corrected chi connectivity index (χ2v) is 5.49. The second kappa shape index (κ2) is 7.34. The lowest BCUT2D eigenvalue weighted by Gasteiger charge is -2.05. The fourth-order valence-corrected chi connectivity index (χ4v) is 2.01. The molecule has 0 fully saturated rings. The molecule has 0 spiro atoms. The van der Waals surface area contributed by atoms with Gasteiger partial charge in [0.2, 0.25) is 0 Å². The standard InChI is InChI=1S/C17H11BrF3NO/c18-15-8-6-13(7-9-15)16(23)22-10-2-4-12-3-1-5-14(11-12)17(19,20)21/h1,3,5-9,11H,10H2,(H,22,23). The van der Waals surface area contributed by atoms with E-state index in [0.29, 0.717) is 5.56 Å². The average Bonchev–Trinajstić information content (AvgIpc) is 2.51. The van der Waals surface area contributed by atoms with E-state index in [2.05, 4.69) is 33.1 Å². The Morgan fingerprint density at radius 1 is 1.13 bits per heavy atom. The summed E-state index contributed by atoms with van der Waals surface area (Å²) in [6.45, 7) is 0.0468. The minimum absolute atomic E-state index is 0.0468. The van der Waals surface area contributed by atoms with Gasteiger partial charge in [-0.15, -0.1) is 0 Å². The van der Waals surface area contributed by atoms with Crippen molar-refractivity contribution in [2.75, 3.05) is 6.54 Å². The molecule has 1 N–H and O–H groups in total. The van der Waals surface area contributed by atoms with Crippen molar-refractivity contribution in [1.29, 1.82) is 0 Å². The molecule has 23 heavy (non-hydrogen) atoms. The fourth-order valence-electron chi connectivity index (χ4n) is 1.75. The van der Waals surface area contributed by atoms with Gasteiger partial charge in [0.05, 0.1) is 12.1 Å². The van der Waals surface area contributed by atoms with Gasteiger partial charge in [-0.2, -0.15) is 13.2 Å². The lowest BCUT2D eigenvalue weighted by Crippen LogP contribution is -2.23. The van der Waals surface area contributed by atoms with Crippen LogP contribution in [0.25, 0.3) is 0 Å². The van der Waals surface area contributed by atoms with E-state index in [1.165, 1.54) is 12.1 Å². The maximum atomic E-state index is 12.6. The number of alkyl halides is 3. The molecule has 0 saturated carbocycles. The van der Waals surface area contributed by atoms with Crippen LogP contribution >= 0.6 is 15.9 Å². The quantitative estimate of drug-likeness (QED) is 0.774. The van der Waals surface area contributed by atoms with E-state index in [4.69, 9.17) is 0 Å². The third-order valence-corrected chi connectivity index (χ3v) is 3.40. The van der Waals surface area contributed by atoms with E-state index >= 15 is 0 Å². The number of hydrogen-bond acceptors (Lipinski definition) is 1. The van der Waals surface area contributed by atoms with Crippen molar-refractivity contribution in [3.8, 4) is 11.8 Å². The van der Waals surface area contributed by atoms with Gasteiger partial charge in [-0.05, 0) is 42.5 Å². The van der Waals surface area contributed by atoms with Crippen LogP contribution in [-0.2, 0) is 6.18 Å². The van der Waals surface area contributed by atoms with E-state index in [9.17, 15) is 18.0 Å². The number of carbonyl (C=O) groups is 1. The highest BCUT2D eigenvalue weighted by atomic mass is 79.9. The number of nitrogens with one attached hydrogen (secondary N) is 1. The first-order valence-electron chi connectivity index (χ1n) is 6.56. The van der Waals surface area contributed by atoms with Crippen LogP contribution < -0.4 is 5.32 Å². The van der Waals surface area contributed by atoms with Crippen molar-refractivity contribution < 1.29 is 18.0 Å². The molecule has 118 valence electrons. The first-order valence-corrected chi connectivity index (χ1v) is 7.35. The minimum atomic E-state index is -4.40. The third-order valence-electron chi connectivity index (χ3n) is 2.87. The van der Waals surface area contributed by atoms with Crippen molar-refractivity contribution in [3.63, 3.8) is 0 Å². The Kier molecular flexibility index (Phi) is 5.45. The first kappa shape index (κ1) is 17.1. The molecule has 0 atom stereocenters. The highest BCUT2D eigenvalue weighted by Crippen LogP contribution is 2.29. The van der Waals surface area contributed by atoms with Crippen LogP contribution in [0.2, 0.25) is 0 Å². The van der Waals surface area contributed by atoms with Crippen molar-refractivity contribution >= 4 is 21.8 Å². The summed E-state index contributed by atoms with van der Waals surface area (Å²) < 4.78 is 38.6. The summed E-state index contributed by atoms with van der Waals surface area (Å²) in [5.41, 5.74) is -0.0185. The lowest BCUT2D eigenvalue weighted by atomic mass is 10.1. The average molecular weight is 382 g/mol. The normalized spacial score (nSPS) is 10.6. The highest BCUT2D eigenvalue weighted by molar-refractivity contribution is 9.10. The van der Waals surface area contributed by atoms with Gasteiger partial charge >= 0.3 is 6.18 Å². The van der Waals surface area contributed by atoms with E-state index in [-0.39, 0.29) is 18.0 Å². The molecule has 0 aliphatic rings. The molecule has 0 bridgehead atoms. The van der Waals surface area contributed by atoms with Gasteiger partial charge in [-0.1, -0.05) is 33.8 Å². The Bertz CT molecular complexity index is 758. The fraction of sp³-hybridized carbons (Fsp3) is 0.118. The summed E-state index contributed by atoms with van der Waals surface area (Å²) in [5, 5.41) is 2.58. The number of halogens is 4. The molecule has 0 heterocycles. The van der Waals surface area contributed by atoms with Gasteiger partial charge in [0.15, 0.2) is 0 Å². The molecule has 0 aliphatic heterocycles. The summed E-state index contributed by atoms with van der Waals surface area (Å²) >= 11 is 3.27. The molecule has 2 nitrogen and oxygen atoms in total. The predicted octanol–water partition coefficient (Wildman–Crippen LogP) is 4.25. The Morgan fingerprint density at radius 2 is 1.83 bits per heavy atom. The molecule has 2 aromatic carbocycles. The summed E-state index contributed by atoms with van der Waals surface area (Å²) in [5.74, 6) is 4.94. The number of carbonyl (C=O) groups excluding carboxylic acids is 1. The van der Waals surface area contributed by atoms with Gasteiger partial charge in [-0.3, -0.25) is 4.79 Å². The van der Waals surface area contributed by atoms with E-state index in [1.807, 2.05) is 0 Å². The minimum Gasteiger partial charge on any atom is -0.341 e. The zero-order valence-electron chi connectivity index (χ0n) is 11.7. The van der Waals surface area contributed by atoms with Crippen LogP contribution in [0.15, 0.2) is 53.0 Å². The van der Waals surface area contributed by atoms with Crippen LogP contribution in [-0.4, -0.2) is 12.5 Å². The van der Waals surface area contributed by atoms with Gasteiger partial charge < -0.3 is 5.32 Å². The monoisotopic (exact) mass is 381 g/mol. The summed E-state index contributed by atoms with van der Waals surface area (Å²) in [6, 6.07) is 11.5. The molecule has 0 aromatic heterocycles. The van der Waals surface area contributed by atoms with Crippen LogP contribution in [0.5, 0.6) is 0 Å². The predicted molar refractivity (Wildman–Crippen MR) is 84.8 cm³/mol. The Labute approximate surface area is 139 Å². The summed E-state index contributed by atoms with van der Waals surface area (Å²) in [4.78, 5) is 11.8. The zero-order valence-corrected chi connectivity index (χ0v) is 13.3. The topological polar surface area (TPSA) is 29.1 Å². The summed E-state index contributed by atoms with van der Waals surface area (Å²) in [7, 11) is 0. The first-order chi connectivity index (χ1) is 10.9. The van der Waals surface area contributed by atoms with Gasteiger partial charge in [0.25, 0.3) is 5.91 Å². The molecule has 2 rings (SSSR count). The largest absolute Gasteiger partial charge is 0.416 e. The molecule has 0 aliphatic carbocycles. The maximum Gasteiger partial charge on any atom is 0.416 e. The van der Waals surface area contributed by atoms with Crippen LogP contribution in [0, 0.1) is 11.8 Å². The van der Waals surface area contributed by atoms with Crippen LogP contribution in [0.3, 0.4) is 0 Å². The number of rotatable bonds is 2. The van der Waals surface area contributed by atoms with E-state index in [1.54, 1.807) is 24.3 Å². The molecule has 0 unspecified atom stereocenters. The van der Waals surface area contributed by atoms with Crippen molar-refractivity contribution in [2.45, 2.75) is 6.18 Å². The zero-order chi connectivity index (χ0) is 16.9. The number of hydrogen-bond donors (Lipinski definition) is 1. The molecular formula is C17H11BrF3NO. The summed E-state index contributed by atoms with van der Waals surface area (Å²) in [6.07, 6.45) is -4.40. The Balaban J connectivity index is 1.96. The smallest absolute Gasteiger partial charge is 0.341 e. The van der Waals surface area contributed by atoms with Gasteiger partial charge in [-0.25, -0.2) is 0 Å². The number of amides is 1. The van der Waals surface area contributed by atoms with Crippen molar-refractivity contribution in [2.24, 2.45) is 0 Å². The van der Waals surface area contributed by atoms with E-state index in [0.717, 1.165) is 16.6 Å². The van der Waals surface area contributed by atoms with Crippen molar-refractivity contribution in [1.82, 2.24) is 5.32 Å². The van der Waals surface area contributed by atoms with Crippen LogP contribution in [0.4, 0.5) is 13.2 Å². The van der Waals surface area contributed by atoms with Crippen LogP contribution in [0.1, 0.15) is 21.5 Å². The molecule has 2 aromatic rings. The third kappa shape index (κ3) is 5.15. The SMILES string of the molecule is O=C(NCC#Cc1cccc(C(F)(F)F)c1)c1ccc(Br)cc1. The lowest BCUT2D eigenvalue weighted by molar-refractivity contribution is -0.137. The van der Waals surface area contributed by atoms with Gasteiger partial charge in [0, 0.05) is 15.6 Å².